The number of ether oxygens (including phenoxy) is 1. The third-order valence-corrected chi connectivity index (χ3v) is 5.70. The SMILES string of the molecule is C=C1C(N)=CN(C(C)(C)c2ccccc2)c2cc(N3CCOCC3)c(F)cc21. The van der Waals surface area contributed by atoms with Crippen LogP contribution in [0.2, 0.25) is 0 Å². The summed E-state index contributed by atoms with van der Waals surface area (Å²) >= 11 is 0. The van der Waals surface area contributed by atoms with Gasteiger partial charge in [0.25, 0.3) is 0 Å². The molecule has 2 aliphatic rings. The van der Waals surface area contributed by atoms with E-state index in [9.17, 15) is 0 Å². The minimum atomic E-state index is -0.374. The first-order chi connectivity index (χ1) is 13.4. The zero-order valence-corrected chi connectivity index (χ0v) is 16.4. The summed E-state index contributed by atoms with van der Waals surface area (Å²) in [6.07, 6.45) is 1.92. The molecule has 2 heterocycles. The van der Waals surface area contributed by atoms with Gasteiger partial charge in [-0.2, -0.15) is 0 Å². The topological polar surface area (TPSA) is 41.7 Å². The highest BCUT2D eigenvalue weighted by Crippen LogP contribution is 2.44. The molecule has 1 saturated heterocycles. The lowest BCUT2D eigenvalue weighted by atomic mass is 9.88. The number of hydrogen-bond donors (Lipinski definition) is 1. The minimum Gasteiger partial charge on any atom is -0.397 e. The van der Waals surface area contributed by atoms with Crippen molar-refractivity contribution in [2.75, 3.05) is 36.1 Å². The zero-order valence-electron chi connectivity index (χ0n) is 16.4. The van der Waals surface area contributed by atoms with Crippen LogP contribution in [0.5, 0.6) is 0 Å². The molecule has 4 nitrogen and oxygen atoms in total. The Labute approximate surface area is 165 Å². The summed E-state index contributed by atoms with van der Waals surface area (Å²) in [5, 5.41) is 0. The molecule has 28 heavy (non-hydrogen) atoms. The van der Waals surface area contributed by atoms with Gasteiger partial charge in [0.15, 0.2) is 0 Å². The number of benzene rings is 2. The lowest BCUT2D eigenvalue weighted by Crippen LogP contribution is -2.41. The van der Waals surface area contributed by atoms with Crippen LogP contribution in [-0.4, -0.2) is 26.3 Å². The number of allylic oxidation sites excluding steroid dienone is 1. The molecule has 146 valence electrons. The Morgan fingerprint density at radius 3 is 2.43 bits per heavy atom. The van der Waals surface area contributed by atoms with Gasteiger partial charge in [0.05, 0.1) is 35.8 Å². The molecule has 0 unspecified atom stereocenters. The van der Waals surface area contributed by atoms with Gasteiger partial charge in [0.2, 0.25) is 0 Å². The Bertz CT molecular complexity index is 930. The van der Waals surface area contributed by atoms with Crippen LogP contribution in [0.25, 0.3) is 5.57 Å². The fraction of sp³-hybridized carbons (Fsp3) is 0.304. The second-order valence-corrected chi connectivity index (χ2v) is 7.78. The number of anilines is 2. The van der Waals surface area contributed by atoms with Crippen LogP contribution in [-0.2, 0) is 10.3 Å². The van der Waals surface area contributed by atoms with Crippen molar-refractivity contribution in [1.82, 2.24) is 0 Å². The van der Waals surface area contributed by atoms with Crippen molar-refractivity contribution in [2.45, 2.75) is 19.4 Å². The molecule has 0 aromatic heterocycles. The van der Waals surface area contributed by atoms with Crippen molar-refractivity contribution in [3.8, 4) is 0 Å². The van der Waals surface area contributed by atoms with Crippen LogP contribution in [0.1, 0.15) is 25.0 Å². The molecule has 2 N–H and O–H groups in total. The molecular formula is C23H26FN3O. The third kappa shape index (κ3) is 3.06. The van der Waals surface area contributed by atoms with E-state index in [1.165, 1.54) is 0 Å². The zero-order chi connectivity index (χ0) is 19.9. The highest BCUT2D eigenvalue weighted by atomic mass is 19.1. The first-order valence-corrected chi connectivity index (χ1v) is 9.57. The summed E-state index contributed by atoms with van der Waals surface area (Å²) < 4.78 is 20.4. The Morgan fingerprint density at radius 1 is 1.07 bits per heavy atom. The van der Waals surface area contributed by atoms with Gasteiger partial charge >= 0.3 is 0 Å². The molecule has 0 amide bonds. The lowest BCUT2D eigenvalue weighted by Gasteiger charge is -2.43. The molecule has 2 aromatic carbocycles. The average Bonchev–Trinajstić information content (AvgIpc) is 2.72. The van der Waals surface area contributed by atoms with Gasteiger partial charge in [-0.25, -0.2) is 4.39 Å². The van der Waals surface area contributed by atoms with E-state index in [-0.39, 0.29) is 11.4 Å². The predicted octanol–water partition coefficient (Wildman–Crippen LogP) is 4.23. The maximum absolute atomic E-state index is 15.0. The monoisotopic (exact) mass is 379 g/mol. The summed E-state index contributed by atoms with van der Waals surface area (Å²) in [5.41, 5.74) is 10.5. The number of nitrogens with two attached hydrogens (primary N) is 1. The van der Waals surface area contributed by atoms with Gasteiger partial charge in [-0.15, -0.1) is 0 Å². The van der Waals surface area contributed by atoms with E-state index in [2.05, 4.69) is 37.5 Å². The van der Waals surface area contributed by atoms with Gasteiger partial charge in [0.1, 0.15) is 5.82 Å². The normalized spacial score (nSPS) is 17.4. The summed E-state index contributed by atoms with van der Waals surface area (Å²) in [5.74, 6) is -0.256. The Kier molecular flexibility index (Phi) is 4.63. The Morgan fingerprint density at radius 2 is 1.75 bits per heavy atom. The molecule has 0 atom stereocenters. The first kappa shape index (κ1) is 18.6. The number of fused-ring (bicyclic) bond motifs is 1. The molecule has 0 aliphatic carbocycles. The van der Waals surface area contributed by atoms with Gasteiger partial charge in [-0.3, -0.25) is 0 Å². The van der Waals surface area contributed by atoms with Crippen LogP contribution in [0.4, 0.5) is 15.8 Å². The van der Waals surface area contributed by atoms with E-state index < -0.39 is 0 Å². The quantitative estimate of drug-likeness (QED) is 0.867. The van der Waals surface area contributed by atoms with Gasteiger partial charge in [-0.1, -0.05) is 36.9 Å². The number of nitrogens with zero attached hydrogens (tertiary/aromatic N) is 2. The molecular weight excluding hydrogens is 353 g/mol. The minimum absolute atomic E-state index is 0.256. The summed E-state index contributed by atoms with van der Waals surface area (Å²) in [6, 6.07) is 13.7. The van der Waals surface area contributed by atoms with Gasteiger partial charge < -0.3 is 20.3 Å². The summed E-state index contributed by atoms with van der Waals surface area (Å²) in [6.45, 7) is 10.9. The van der Waals surface area contributed by atoms with Crippen LogP contribution < -0.4 is 15.5 Å². The second-order valence-electron chi connectivity index (χ2n) is 7.78. The van der Waals surface area contributed by atoms with Crippen molar-refractivity contribution >= 4 is 16.9 Å². The number of morpholine rings is 1. The lowest BCUT2D eigenvalue weighted by molar-refractivity contribution is 0.122. The molecule has 0 spiro atoms. The van der Waals surface area contributed by atoms with Crippen LogP contribution >= 0.6 is 0 Å². The standard InChI is InChI=1S/C23H26FN3O/c1-16-18-13-19(24)22(26-9-11-28-12-10-26)14-21(18)27(15-20(16)25)23(2,3)17-7-5-4-6-8-17/h4-8,13-15H,1,9-12,25H2,2-3H3. The average molecular weight is 379 g/mol. The maximum atomic E-state index is 15.0. The van der Waals surface area contributed by atoms with E-state index >= 15 is 4.39 Å². The molecule has 0 saturated carbocycles. The second kappa shape index (κ2) is 6.99. The number of hydrogen-bond acceptors (Lipinski definition) is 4. The van der Waals surface area contributed by atoms with E-state index in [4.69, 9.17) is 10.5 Å². The largest absolute Gasteiger partial charge is 0.397 e. The highest BCUT2D eigenvalue weighted by Gasteiger charge is 2.34. The Hall–Kier alpha value is -2.79. The van der Waals surface area contributed by atoms with Crippen LogP contribution in [0, 0.1) is 5.82 Å². The summed E-state index contributed by atoms with van der Waals surface area (Å²) in [7, 11) is 0. The molecule has 0 radical (unpaired) electrons. The molecule has 2 aromatic rings. The maximum Gasteiger partial charge on any atom is 0.147 e. The fourth-order valence-electron chi connectivity index (χ4n) is 3.93. The van der Waals surface area contributed by atoms with Gasteiger partial charge in [0, 0.05) is 30.4 Å². The van der Waals surface area contributed by atoms with Gasteiger partial charge in [-0.05, 0) is 31.5 Å². The third-order valence-electron chi connectivity index (χ3n) is 5.70. The van der Waals surface area contributed by atoms with Crippen LogP contribution in [0.3, 0.4) is 0 Å². The molecule has 5 heteroatoms. The molecule has 2 aliphatic heterocycles. The summed E-state index contributed by atoms with van der Waals surface area (Å²) in [4.78, 5) is 4.17. The van der Waals surface area contributed by atoms with E-state index in [1.54, 1.807) is 6.07 Å². The van der Waals surface area contributed by atoms with Crippen molar-refractivity contribution in [2.24, 2.45) is 5.73 Å². The number of halogens is 1. The van der Waals surface area contributed by atoms with E-state index in [1.807, 2.05) is 35.4 Å². The predicted molar refractivity (Wildman–Crippen MR) is 113 cm³/mol. The molecule has 1 fully saturated rings. The van der Waals surface area contributed by atoms with Crippen molar-refractivity contribution < 1.29 is 9.13 Å². The highest BCUT2D eigenvalue weighted by molar-refractivity contribution is 5.90. The molecule has 4 rings (SSSR count). The van der Waals surface area contributed by atoms with E-state index in [0.29, 0.717) is 43.3 Å². The first-order valence-electron chi connectivity index (χ1n) is 9.57. The van der Waals surface area contributed by atoms with Crippen molar-refractivity contribution in [1.29, 1.82) is 0 Å². The fourth-order valence-corrected chi connectivity index (χ4v) is 3.93. The van der Waals surface area contributed by atoms with Crippen molar-refractivity contribution in [3.63, 3.8) is 0 Å². The van der Waals surface area contributed by atoms with Crippen LogP contribution in [0.15, 0.2) is 60.9 Å². The van der Waals surface area contributed by atoms with Crippen molar-refractivity contribution in [3.05, 3.63) is 77.9 Å². The number of rotatable bonds is 3. The molecule has 0 bridgehead atoms. The van der Waals surface area contributed by atoms with E-state index in [0.717, 1.165) is 16.8 Å². The smallest absolute Gasteiger partial charge is 0.147 e. The Balaban J connectivity index is 1.85.